The third kappa shape index (κ3) is 3.27. The van der Waals surface area contributed by atoms with Gasteiger partial charge in [-0.25, -0.2) is 13.1 Å². The first-order valence-corrected chi connectivity index (χ1v) is 7.85. The van der Waals surface area contributed by atoms with Crippen LogP contribution < -0.4 is 4.72 Å². The Bertz CT molecular complexity index is 654. The summed E-state index contributed by atoms with van der Waals surface area (Å²) in [7, 11) is -3.36. The van der Waals surface area contributed by atoms with Gasteiger partial charge in [-0.1, -0.05) is 24.6 Å². The number of rotatable bonds is 5. The maximum atomic E-state index is 11.8. The number of anilines is 1. The number of hydrogen-bond donors (Lipinski definition) is 1. The van der Waals surface area contributed by atoms with Crippen molar-refractivity contribution in [2.45, 2.75) is 13.3 Å². The monoisotopic (exact) mass is 299 g/mol. The molecule has 5 nitrogen and oxygen atoms in total. The summed E-state index contributed by atoms with van der Waals surface area (Å²) in [5, 5.41) is 4.51. The van der Waals surface area contributed by atoms with Crippen molar-refractivity contribution in [2.75, 3.05) is 10.5 Å². The fraction of sp³-hybridized carbons (Fsp3) is 0.250. The molecule has 0 aliphatic rings. The summed E-state index contributed by atoms with van der Waals surface area (Å²) in [6.45, 7) is 1.81. The summed E-state index contributed by atoms with van der Waals surface area (Å²) in [6, 6.07) is 6.79. The predicted octanol–water partition coefficient (Wildman–Crippen LogP) is 2.68. The van der Waals surface area contributed by atoms with Crippen LogP contribution in [0.3, 0.4) is 0 Å². The second kappa shape index (κ2) is 5.63. The van der Waals surface area contributed by atoms with Gasteiger partial charge in [0.25, 0.3) is 0 Å². The smallest absolute Gasteiger partial charge is 0.232 e. The molecule has 0 unspecified atom stereocenters. The SMILES string of the molecule is CCCS(=O)(=O)Nc1cccc(Cl)c1-n1cccn1. The highest BCUT2D eigenvalue weighted by molar-refractivity contribution is 7.92. The van der Waals surface area contributed by atoms with E-state index in [0.29, 0.717) is 22.8 Å². The number of aromatic nitrogens is 2. The number of benzene rings is 1. The van der Waals surface area contributed by atoms with E-state index in [1.165, 1.54) is 4.68 Å². The summed E-state index contributed by atoms with van der Waals surface area (Å²) >= 11 is 6.13. The minimum Gasteiger partial charge on any atom is -0.281 e. The Balaban J connectivity index is 2.45. The van der Waals surface area contributed by atoms with E-state index in [1.807, 2.05) is 6.92 Å². The molecule has 1 aromatic carbocycles. The number of hydrogen-bond acceptors (Lipinski definition) is 3. The quantitative estimate of drug-likeness (QED) is 0.923. The number of nitrogens with one attached hydrogen (secondary N) is 1. The second-order valence-electron chi connectivity index (χ2n) is 4.01. The van der Waals surface area contributed by atoms with Gasteiger partial charge in [0, 0.05) is 12.4 Å². The summed E-state index contributed by atoms with van der Waals surface area (Å²) in [5.74, 6) is 0.0675. The zero-order valence-electron chi connectivity index (χ0n) is 10.4. The summed E-state index contributed by atoms with van der Waals surface area (Å²) in [5.41, 5.74) is 0.943. The van der Waals surface area contributed by atoms with Gasteiger partial charge >= 0.3 is 0 Å². The third-order valence-corrected chi connectivity index (χ3v) is 4.24. The van der Waals surface area contributed by atoms with E-state index in [0.717, 1.165) is 0 Å². The van der Waals surface area contributed by atoms with Crippen molar-refractivity contribution in [3.63, 3.8) is 0 Å². The molecule has 0 bridgehead atoms. The van der Waals surface area contributed by atoms with E-state index >= 15 is 0 Å². The second-order valence-corrected chi connectivity index (χ2v) is 6.26. The lowest BCUT2D eigenvalue weighted by molar-refractivity contribution is 0.600. The highest BCUT2D eigenvalue weighted by atomic mass is 35.5. The zero-order valence-corrected chi connectivity index (χ0v) is 11.9. The van der Waals surface area contributed by atoms with Crippen molar-refractivity contribution < 1.29 is 8.42 Å². The maximum Gasteiger partial charge on any atom is 0.232 e. The van der Waals surface area contributed by atoms with E-state index < -0.39 is 10.0 Å². The minimum absolute atomic E-state index is 0.0675. The Morgan fingerprint density at radius 2 is 2.16 bits per heavy atom. The molecule has 102 valence electrons. The minimum atomic E-state index is -3.36. The first-order valence-electron chi connectivity index (χ1n) is 5.82. The molecule has 0 aliphatic heterocycles. The maximum absolute atomic E-state index is 11.8. The lowest BCUT2D eigenvalue weighted by Crippen LogP contribution is -2.17. The molecule has 1 aromatic heterocycles. The zero-order chi connectivity index (χ0) is 13.9. The normalized spacial score (nSPS) is 11.5. The molecule has 0 aliphatic carbocycles. The molecule has 2 aromatic rings. The first-order chi connectivity index (χ1) is 9.03. The standard InChI is InChI=1S/C12H14ClN3O2S/c1-2-9-19(17,18)15-11-6-3-5-10(13)12(11)16-8-4-7-14-16/h3-8,15H,2,9H2,1H3. The molecule has 0 saturated carbocycles. The lowest BCUT2D eigenvalue weighted by Gasteiger charge is -2.13. The summed E-state index contributed by atoms with van der Waals surface area (Å²) in [4.78, 5) is 0. The summed E-state index contributed by atoms with van der Waals surface area (Å²) in [6.07, 6.45) is 3.86. The van der Waals surface area contributed by atoms with Crippen LogP contribution in [0.15, 0.2) is 36.7 Å². The molecule has 7 heteroatoms. The molecule has 2 rings (SSSR count). The fourth-order valence-electron chi connectivity index (χ4n) is 1.72. The third-order valence-electron chi connectivity index (χ3n) is 2.46. The van der Waals surface area contributed by atoms with Gasteiger partial charge in [-0.3, -0.25) is 4.72 Å². The van der Waals surface area contributed by atoms with Crippen molar-refractivity contribution in [2.24, 2.45) is 0 Å². The van der Waals surface area contributed by atoms with Gasteiger partial charge in [0.15, 0.2) is 0 Å². The summed E-state index contributed by atoms with van der Waals surface area (Å²) < 4.78 is 27.8. The van der Waals surface area contributed by atoms with Gasteiger partial charge in [-0.15, -0.1) is 0 Å². The van der Waals surface area contributed by atoms with Crippen LogP contribution in [0.2, 0.25) is 5.02 Å². The highest BCUT2D eigenvalue weighted by Gasteiger charge is 2.15. The molecule has 19 heavy (non-hydrogen) atoms. The fourth-order valence-corrected chi connectivity index (χ4v) is 3.12. The first kappa shape index (κ1) is 13.9. The van der Waals surface area contributed by atoms with Crippen molar-refractivity contribution in [3.05, 3.63) is 41.7 Å². The lowest BCUT2D eigenvalue weighted by atomic mass is 10.3. The number of nitrogens with zero attached hydrogens (tertiary/aromatic N) is 2. The molecule has 0 spiro atoms. The van der Waals surface area contributed by atoms with E-state index in [1.54, 1.807) is 36.7 Å². The molecule has 1 heterocycles. The van der Waals surface area contributed by atoms with Gasteiger partial charge in [0.1, 0.15) is 5.69 Å². The van der Waals surface area contributed by atoms with Crippen molar-refractivity contribution >= 4 is 27.3 Å². The predicted molar refractivity (Wildman–Crippen MR) is 76.3 cm³/mol. The Morgan fingerprint density at radius 3 is 2.79 bits per heavy atom. The van der Waals surface area contributed by atoms with Crippen LogP contribution in [0.4, 0.5) is 5.69 Å². The van der Waals surface area contributed by atoms with Crippen LogP contribution in [-0.4, -0.2) is 24.0 Å². The van der Waals surface area contributed by atoms with E-state index in [9.17, 15) is 8.42 Å². The molecular weight excluding hydrogens is 286 g/mol. The van der Waals surface area contributed by atoms with E-state index in [2.05, 4.69) is 9.82 Å². The van der Waals surface area contributed by atoms with Gasteiger partial charge in [0.2, 0.25) is 10.0 Å². The molecule has 1 N–H and O–H groups in total. The molecule has 0 fully saturated rings. The highest BCUT2D eigenvalue weighted by Crippen LogP contribution is 2.28. The Hall–Kier alpha value is -1.53. The molecule has 0 atom stereocenters. The van der Waals surface area contributed by atoms with Gasteiger partial charge in [0.05, 0.1) is 16.5 Å². The number of sulfonamides is 1. The van der Waals surface area contributed by atoms with Crippen LogP contribution in [0.1, 0.15) is 13.3 Å². The van der Waals surface area contributed by atoms with Crippen LogP contribution in [0.5, 0.6) is 0 Å². The Labute approximate surface area is 117 Å². The molecule has 0 amide bonds. The van der Waals surface area contributed by atoms with E-state index in [-0.39, 0.29) is 5.75 Å². The Kier molecular flexibility index (Phi) is 4.11. The average molecular weight is 300 g/mol. The van der Waals surface area contributed by atoms with Crippen LogP contribution in [0.25, 0.3) is 5.69 Å². The van der Waals surface area contributed by atoms with Crippen molar-refractivity contribution in [3.8, 4) is 5.69 Å². The molecular formula is C12H14ClN3O2S. The van der Waals surface area contributed by atoms with E-state index in [4.69, 9.17) is 11.6 Å². The molecule has 0 saturated heterocycles. The molecule has 0 radical (unpaired) electrons. The Morgan fingerprint density at radius 1 is 1.37 bits per heavy atom. The van der Waals surface area contributed by atoms with Gasteiger partial charge in [-0.2, -0.15) is 5.10 Å². The van der Waals surface area contributed by atoms with Crippen molar-refractivity contribution in [1.82, 2.24) is 9.78 Å². The van der Waals surface area contributed by atoms with Crippen LogP contribution in [-0.2, 0) is 10.0 Å². The van der Waals surface area contributed by atoms with Crippen LogP contribution in [0, 0.1) is 0 Å². The number of halogens is 1. The van der Waals surface area contributed by atoms with Gasteiger partial charge in [-0.05, 0) is 24.6 Å². The average Bonchev–Trinajstić information content (AvgIpc) is 2.81. The topological polar surface area (TPSA) is 64.0 Å². The largest absolute Gasteiger partial charge is 0.281 e. The van der Waals surface area contributed by atoms with Crippen molar-refractivity contribution in [1.29, 1.82) is 0 Å². The van der Waals surface area contributed by atoms with Crippen LogP contribution >= 0.6 is 11.6 Å². The van der Waals surface area contributed by atoms with Gasteiger partial charge < -0.3 is 0 Å². The number of para-hydroxylation sites is 1.